The summed E-state index contributed by atoms with van der Waals surface area (Å²) >= 11 is 0. The van der Waals surface area contributed by atoms with E-state index < -0.39 is 54.5 Å². The molecule has 208 valence electrons. The van der Waals surface area contributed by atoms with Gasteiger partial charge in [0.1, 0.15) is 18.2 Å². The number of esters is 1. The molecule has 0 aromatic heterocycles. The van der Waals surface area contributed by atoms with Gasteiger partial charge in [-0.15, -0.1) is 0 Å². The van der Waals surface area contributed by atoms with Crippen LogP contribution in [0, 0.1) is 5.92 Å². The summed E-state index contributed by atoms with van der Waals surface area (Å²) in [6, 6.07) is 2.80. The minimum atomic E-state index is -1.37. The molecule has 3 N–H and O–H groups in total. The van der Waals surface area contributed by atoms with Gasteiger partial charge in [0.05, 0.1) is 12.0 Å². The fraction of sp³-hybridized carbons (Fsp3) is 0.615. The second-order valence-corrected chi connectivity index (χ2v) is 9.19. The largest absolute Gasteiger partial charge is 0.514 e. The van der Waals surface area contributed by atoms with Crippen molar-refractivity contribution in [2.45, 2.75) is 98.0 Å². The SMILES string of the molecule is CCC(C)OC(=O)Oc1ccc(C(CC(C)OC(=O)C(C)C)[C@H](N)C(=O)O)cc1OC(=O)OC(C)CC. The Morgan fingerprint density at radius 1 is 0.811 bits per heavy atom. The van der Waals surface area contributed by atoms with Crippen LogP contribution in [0.2, 0.25) is 0 Å². The van der Waals surface area contributed by atoms with E-state index in [0.717, 1.165) is 0 Å². The van der Waals surface area contributed by atoms with E-state index in [4.69, 9.17) is 29.4 Å². The van der Waals surface area contributed by atoms with Gasteiger partial charge in [-0.05, 0) is 57.7 Å². The fourth-order valence-electron chi connectivity index (χ4n) is 3.04. The molecule has 0 radical (unpaired) electrons. The highest BCUT2D eigenvalue weighted by atomic mass is 16.7. The monoisotopic (exact) mass is 525 g/mol. The van der Waals surface area contributed by atoms with Crippen molar-refractivity contribution in [1.29, 1.82) is 0 Å². The molecule has 0 spiro atoms. The molecule has 0 fully saturated rings. The van der Waals surface area contributed by atoms with Crippen LogP contribution in [0.3, 0.4) is 0 Å². The number of hydrogen-bond donors (Lipinski definition) is 2. The molecule has 0 aliphatic rings. The maximum absolute atomic E-state index is 12.3. The van der Waals surface area contributed by atoms with Crippen molar-refractivity contribution in [2.75, 3.05) is 0 Å². The molecule has 4 unspecified atom stereocenters. The number of carboxylic acids is 1. The summed E-state index contributed by atoms with van der Waals surface area (Å²) in [6.45, 7) is 12.0. The van der Waals surface area contributed by atoms with Gasteiger partial charge < -0.3 is 34.5 Å². The van der Waals surface area contributed by atoms with Gasteiger partial charge in [0.15, 0.2) is 11.5 Å². The second kappa shape index (κ2) is 15.0. The van der Waals surface area contributed by atoms with Gasteiger partial charge in [0.25, 0.3) is 0 Å². The van der Waals surface area contributed by atoms with E-state index in [1.54, 1.807) is 34.6 Å². The maximum atomic E-state index is 12.3. The molecule has 11 nitrogen and oxygen atoms in total. The first kappa shape index (κ1) is 31.7. The predicted molar refractivity (Wildman–Crippen MR) is 134 cm³/mol. The van der Waals surface area contributed by atoms with E-state index in [2.05, 4.69) is 0 Å². The molecule has 0 aliphatic carbocycles. The van der Waals surface area contributed by atoms with Crippen LogP contribution in [0.5, 0.6) is 11.5 Å². The number of ether oxygens (including phenoxy) is 5. The molecule has 5 atom stereocenters. The maximum Gasteiger partial charge on any atom is 0.514 e. The standard InChI is InChI=1S/C26H39NO10/c1-8-15(5)34-25(31)36-20-11-10-18(13-21(20)37-26(32)35-16(6)9-2)19(22(27)23(28)29)12-17(7)33-24(30)14(3)4/h10-11,13-17,19,22H,8-9,12,27H2,1-7H3,(H,28,29)/t15?,16?,17?,19?,22-/m0/s1. The molecular weight excluding hydrogens is 486 g/mol. The zero-order chi connectivity index (χ0) is 28.3. The number of aliphatic carboxylic acids is 1. The first-order chi connectivity index (χ1) is 17.3. The first-order valence-corrected chi connectivity index (χ1v) is 12.4. The molecule has 37 heavy (non-hydrogen) atoms. The van der Waals surface area contributed by atoms with E-state index in [0.29, 0.717) is 18.4 Å². The van der Waals surface area contributed by atoms with E-state index in [-0.39, 0.29) is 23.8 Å². The van der Waals surface area contributed by atoms with Crippen molar-refractivity contribution in [3.8, 4) is 11.5 Å². The molecule has 0 aliphatic heterocycles. The molecule has 1 rings (SSSR count). The molecule has 1 aromatic rings. The average molecular weight is 526 g/mol. The Labute approximate surface area is 217 Å². The number of carbonyl (C=O) groups excluding carboxylic acids is 3. The summed E-state index contributed by atoms with van der Waals surface area (Å²) in [6.07, 6.45) is -2.36. The molecule has 1 aromatic carbocycles. The molecule has 11 heteroatoms. The number of carboxylic acid groups (broad SMARTS) is 1. The number of benzene rings is 1. The van der Waals surface area contributed by atoms with Crippen molar-refractivity contribution < 1.29 is 48.0 Å². The van der Waals surface area contributed by atoms with Crippen LogP contribution in [-0.2, 0) is 23.8 Å². The topological polar surface area (TPSA) is 161 Å². The lowest BCUT2D eigenvalue weighted by atomic mass is 9.87. The molecule has 0 amide bonds. The van der Waals surface area contributed by atoms with Crippen molar-refractivity contribution in [2.24, 2.45) is 11.7 Å². The smallest absolute Gasteiger partial charge is 0.480 e. The van der Waals surface area contributed by atoms with Crippen molar-refractivity contribution in [3.63, 3.8) is 0 Å². The summed E-state index contributed by atoms with van der Waals surface area (Å²) in [5, 5.41) is 9.59. The summed E-state index contributed by atoms with van der Waals surface area (Å²) in [5.41, 5.74) is 6.34. The van der Waals surface area contributed by atoms with Crippen LogP contribution >= 0.6 is 0 Å². The molecule has 0 saturated carbocycles. The first-order valence-electron chi connectivity index (χ1n) is 12.4. The highest BCUT2D eigenvalue weighted by Gasteiger charge is 2.30. The Kier molecular flexibility index (Phi) is 12.9. The fourth-order valence-corrected chi connectivity index (χ4v) is 3.04. The number of nitrogens with two attached hydrogens (primary N) is 1. The zero-order valence-corrected chi connectivity index (χ0v) is 22.5. The molecular formula is C26H39NO10. The third-order valence-electron chi connectivity index (χ3n) is 5.62. The van der Waals surface area contributed by atoms with Crippen LogP contribution < -0.4 is 15.2 Å². The Hall–Kier alpha value is -3.34. The number of hydrogen-bond acceptors (Lipinski definition) is 10. The van der Waals surface area contributed by atoms with Gasteiger partial charge in [-0.25, -0.2) is 9.59 Å². The normalized spacial score (nSPS) is 15.1. The van der Waals surface area contributed by atoms with Crippen LogP contribution in [0.25, 0.3) is 0 Å². The molecule has 0 bridgehead atoms. The van der Waals surface area contributed by atoms with Crippen molar-refractivity contribution in [3.05, 3.63) is 23.8 Å². The van der Waals surface area contributed by atoms with E-state index in [9.17, 15) is 24.3 Å². The zero-order valence-electron chi connectivity index (χ0n) is 22.5. The van der Waals surface area contributed by atoms with Crippen LogP contribution in [-0.4, -0.2) is 53.7 Å². The Bertz CT molecular complexity index is 932. The third-order valence-corrected chi connectivity index (χ3v) is 5.62. The van der Waals surface area contributed by atoms with E-state index >= 15 is 0 Å². The van der Waals surface area contributed by atoms with Crippen LogP contribution in [0.4, 0.5) is 9.59 Å². The van der Waals surface area contributed by atoms with Gasteiger partial charge in [0, 0.05) is 5.92 Å². The third kappa shape index (κ3) is 10.7. The predicted octanol–water partition coefficient (Wildman–Crippen LogP) is 4.79. The van der Waals surface area contributed by atoms with Crippen LogP contribution in [0.15, 0.2) is 18.2 Å². The highest BCUT2D eigenvalue weighted by Crippen LogP contribution is 2.35. The summed E-state index contributed by atoms with van der Waals surface area (Å²) < 4.78 is 26.2. The van der Waals surface area contributed by atoms with Crippen LogP contribution in [0.1, 0.15) is 79.2 Å². The number of carbonyl (C=O) groups is 4. The lowest BCUT2D eigenvalue weighted by molar-refractivity contribution is -0.152. The van der Waals surface area contributed by atoms with Crippen molar-refractivity contribution in [1.82, 2.24) is 0 Å². The Balaban J connectivity index is 3.37. The quantitative estimate of drug-likeness (QED) is 0.207. The van der Waals surface area contributed by atoms with Gasteiger partial charge in [-0.2, -0.15) is 0 Å². The highest BCUT2D eigenvalue weighted by molar-refractivity contribution is 5.75. The van der Waals surface area contributed by atoms with E-state index in [1.807, 2.05) is 13.8 Å². The molecule has 0 saturated heterocycles. The Morgan fingerprint density at radius 3 is 1.78 bits per heavy atom. The van der Waals surface area contributed by atoms with Gasteiger partial charge in [-0.1, -0.05) is 33.8 Å². The number of rotatable bonds is 13. The minimum Gasteiger partial charge on any atom is -0.480 e. The minimum absolute atomic E-state index is 0.0684. The lowest BCUT2D eigenvalue weighted by Gasteiger charge is -2.26. The Morgan fingerprint density at radius 2 is 1.32 bits per heavy atom. The van der Waals surface area contributed by atoms with Gasteiger partial charge in [-0.3, -0.25) is 9.59 Å². The summed E-state index contributed by atoms with van der Waals surface area (Å²) in [5.74, 6) is -3.25. The lowest BCUT2D eigenvalue weighted by Crippen LogP contribution is -2.38. The summed E-state index contributed by atoms with van der Waals surface area (Å²) in [7, 11) is 0. The van der Waals surface area contributed by atoms with Gasteiger partial charge >= 0.3 is 24.2 Å². The second-order valence-electron chi connectivity index (χ2n) is 9.19. The average Bonchev–Trinajstić information content (AvgIpc) is 2.82. The molecule has 0 heterocycles. The summed E-state index contributed by atoms with van der Waals surface area (Å²) in [4.78, 5) is 48.3. The van der Waals surface area contributed by atoms with E-state index in [1.165, 1.54) is 18.2 Å². The van der Waals surface area contributed by atoms with Crippen molar-refractivity contribution >= 4 is 24.2 Å². The van der Waals surface area contributed by atoms with Gasteiger partial charge in [0.2, 0.25) is 0 Å².